The van der Waals surface area contributed by atoms with Gasteiger partial charge in [-0.1, -0.05) is 30.7 Å². The molecule has 0 fully saturated rings. The number of benzene rings is 1. The molecule has 0 aliphatic heterocycles. The number of carboxylic acids is 1. The van der Waals surface area contributed by atoms with Crippen LogP contribution in [0.5, 0.6) is 11.6 Å². The third kappa shape index (κ3) is 3.23. The molecule has 2 aromatic rings. The zero-order chi connectivity index (χ0) is 13.8. The molecule has 98 valence electrons. The van der Waals surface area contributed by atoms with Crippen molar-refractivity contribution >= 4 is 17.6 Å². The molecule has 0 bridgehead atoms. The van der Waals surface area contributed by atoms with E-state index in [1.807, 2.05) is 24.3 Å². The number of aromatic nitrogens is 1. The first-order chi connectivity index (χ1) is 9.10. The summed E-state index contributed by atoms with van der Waals surface area (Å²) in [5.41, 5.74) is 1.23. The molecule has 1 aromatic heterocycles. The third-order valence-corrected chi connectivity index (χ3v) is 2.87. The Hall–Kier alpha value is -2.07. The fraction of sp³-hybridized carbons (Fsp3) is 0.143. The monoisotopic (exact) mass is 277 g/mol. The molecule has 0 saturated carbocycles. The molecule has 0 aliphatic rings. The van der Waals surface area contributed by atoms with E-state index in [0.29, 0.717) is 5.75 Å². The Bertz CT molecular complexity index is 596. The van der Waals surface area contributed by atoms with Gasteiger partial charge in [-0.25, -0.2) is 9.78 Å². The number of carbonyl (C=O) groups is 1. The smallest absolute Gasteiger partial charge is 0.337 e. The minimum Gasteiger partial charge on any atom is -0.478 e. The highest BCUT2D eigenvalue weighted by Gasteiger charge is 2.10. The maximum Gasteiger partial charge on any atom is 0.337 e. The Balaban J connectivity index is 2.20. The van der Waals surface area contributed by atoms with Crippen LogP contribution >= 0.6 is 11.6 Å². The predicted octanol–water partition coefficient (Wildman–Crippen LogP) is 3.79. The molecule has 0 radical (unpaired) electrons. The first-order valence-electron chi connectivity index (χ1n) is 5.75. The maximum atomic E-state index is 10.8. The summed E-state index contributed by atoms with van der Waals surface area (Å²) < 4.78 is 5.51. The van der Waals surface area contributed by atoms with Gasteiger partial charge in [0.05, 0.1) is 5.56 Å². The number of ether oxygens (including phenoxy) is 1. The summed E-state index contributed by atoms with van der Waals surface area (Å²) in [6, 6.07) is 8.86. The second-order valence-corrected chi connectivity index (χ2v) is 4.32. The molecule has 0 unspecified atom stereocenters. The number of pyridine rings is 1. The zero-order valence-corrected chi connectivity index (χ0v) is 11.0. The topological polar surface area (TPSA) is 59.4 Å². The quantitative estimate of drug-likeness (QED) is 0.924. The fourth-order valence-electron chi connectivity index (χ4n) is 1.52. The number of nitrogens with zero attached hydrogens (tertiary/aromatic N) is 1. The van der Waals surface area contributed by atoms with Crippen molar-refractivity contribution in [2.24, 2.45) is 0 Å². The molecule has 0 atom stereocenters. The summed E-state index contributed by atoms with van der Waals surface area (Å²) in [4.78, 5) is 14.7. The fourth-order valence-corrected chi connectivity index (χ4v) is 1.73. The van der Waals surface area contributed by atoms with Gasteiger partial charge in [0.2, 0.25) is 5.88 Å². The highest BCUT2D eigenvalue weighted by Crippen LogP contribution is 2.27. The molecule has 1 N–H and O–H groups in total. The van der Waals surface area contributed by atoms with Gasteiger partial charge in [0.25, 0.3) is 0 Å². The number of halogens is 1. The molecule has 2 rings (SSSR count). The highest BCUT2D eigenvalue weighted by atomic mass is 35.5. The van der Waals surface area contributed by atoms with Gasteiger partial charge in [0.1, 0.15) is 10.8 Å². The number of aryl methyl sites for hydroxylation is 1. The van der Waals surface area contributed by atoms with Crippen LogP contribution in [0.15, 0.2) is 36.5 Å². The number of rotatable bonds is 4. The molecule has 0 saturated heterocycles. The molecule has 5 heteroatoms. The van der Waals surface area contributed by atoms with Crippen LogP contribution in [-0.4, -0.2) is 16.1 Å². The molecular weight excluding hydrogens is 266 g/mol. The summed E-state index contributed by atoms with van der Waals surface area (Å²) in [6.07, 6.45) is 2.16. The van der Waals surface area contributed by atoms with E-state index < -0.39 is 5.97 Å². The van der Waals surface area contributed by atoms with Crippen LogP contribution in [0.4, 0.5) is 0 Å². The van der Waals surface area contributed by atoms with Crippen molar-refractivity contribution in [1.82, 2.24) is 4.98 Å². The molecule has 1 heterocycles. The van der Waals surface area contributed by atoms with E-state index in [2.05, 4.69) is 11.9 Å². The largest absolute Gasteiger partial charge is 0.478 e. The Kier molecular flexibility index (Phi) is 4.02. The van der Waals surface area contributed by atoms with Crippen LogP contribution in [0, 0.1) is 0 Å². The average molecular weight is 278 g/mol. The van der Waals surface area contributed by atoms with E-state index >= 15 is 0 Å². The normalized spacial score (nSPS) is 10.2. The van der Waals surface area contributed by atoms with E-state index in [1.54, 1.807) is 0 Å². The summed E-state index contributed by atoms with van der Waals surface area (Å²) >= 11 is 5.93. The molecule has 19 heavy (non-hydrogen) atoms. The first kappa shape index (κ1) is 13.4. The summed E-state index contributed by atoms with van der Waals surface area (Å²) in [5.74, 6) is -0.279. The van der Waals surface area contributed by atoms with Crippen LogP contribution in [0.2, 0.25) is 5.02 Å². The standard InChI is InChI=1S/C14H12ClNO3/c1-2-9-3-5-11(6-4-9)19-13-12(15)7-10(8-16-13)14(17)18/h3-8H,2H2,1H3,(H,17,18). The van der Waals surface area contributed by atoms with Gasteiger partial charge >= 0.3 is 5.97 Å². The third-order valence-electron chi connectivity index (χ3n) is 2.60. The van der Waals surface area contributed by atoms with Crippen molar-refractivity contribution < 1.29 is 14.6 Å². The van der Waals surface area contributed by atoms with Gasteiger partial charge in [0, 0.05) is 6.20 Å². The van der Waals surface area contributed by atoms with E-state index in [4.69, 9.17) is 21.4 Å². The molecule has 4 nitrogen and oxygen atoms in total. The average Bonchev–Trinajstić information content (AvgIpc) is 2.41. The lowest BCUT2D eigenvalue weighted by Crippen LogP contribution is -1.98. The second-order valence-electron chi connectivity index (χ2n) is 3.92. The van der Waals surface area contributed by atoms with Crippen molar-refractivity contribution in [2.75, 3.05) is 0 Å². The van der Waals surface area contributed by atoms with Gasteiger partial charge in [-0.3, -0.25) is 0 Å². The number of hydrogen-bond donors (Lipinski definition) is 1. The molecule has 0 aliphatic carbocycles. The van der Waals surface area contributed by atoms with Crippen LogP contribution in [0.3, 0.4) is 0 Å². The molecule has 0 spiro atoms. The molecule has 1 aromatic carbocycles. The Morgan fingerprint density at radius 2 is 2.05 bits per heavy atom. The van der Waals surface area contributed by atoms with Gasteiger partial charge in [-0.15, -0.1) is 0 Å². The lowest BCUT2D eigenvalue weighted by Gasteiger charge is -2.07. The van der Waals surface area contributed by atoms with Crippen molar-refractivity contribution in [2.45, 2.75) is 13.3 Å². The zero-order valence-electron chi connectivity index (χ0n) is 10.3. The predicted molar refractivity (Wildman–Crippen MR) is 72.1 cm³/mol. The van der Waals surface area contributed by atoms with Crippen molar-refractivity contribution in [3.8, 4) is 11.6 Å². The van der Waals surface area contributed by atoms with Gasteiger partial charge in [0.15, 0.2) is 0 Å². The summed E-state index contributed by atoms with van der Waals surface area (Å²) in [6.45, 7) is 2.07. The van der Waals surface area contributed by atoms with Crippen LogP contribution < -0.4 is 4.74 Å². The summed E-state index contributed by atoms with van der Waals surface area (Å²) in [5, 5.41) is 8.97. The lowest BCUT2D eigenvalue weighted by atomic mass is 10.2. The minimum atomic E-state index is -1.08. The molecular formula is C14H12ClNO3. The van der Waals surface area contributed by atoms with Crippen molar-refractivity contribution in [3.05, 3.63) is 52.7 Å². The first-order valence-corrected chi connectivity index (χ1v) is 6.13. The second kappa shape index (κ2) is 5.71. The Morgan fingerprint density at radius 3 is 2.58 bits per heavy atom. The lowest BCUT2D eigenvalue weighted by molar-refractivity contribution is 0.0696. The number of carboxylic acid groups (broad SMARTS) is 1. The van der Waals surface area contributed by atoms with Gasteiger partial charge in [-0.2, -0.15) is 0 Å². The number of hydrogen-bond acceptors (Lipinski definition) is 3. The van der Waals surface area contributed by atoms with E-state index in [-0.39, 0.29) is 16.5 Å². The summed E-state index contributed by atoms with van der Waals surface area (Å²) in [7, 11) is 0. The van der Waals surface area contributed by atoms with Crippen molar-refractivity contribution in [1.29, 1.82) is 0 Å². The van der Waals surface area contributed by atoms with Crippen molar-refractivity contribution in [3.63, 3.8) is 0 Å². The van der Waals surface area contributed by atoms with Crippen LogP contribution in [0.25, 0.3) is 0 Å². The SMILES string of the molecule is CCc1ccc(Oc2ncc(C(=O)O)cc2Cl)cc1. The van der Waals surface area contributed by atoms with E-state index in [0.717, 1.165) is 6.42 Å². The highest BCUT2D eigenvalue weighted by molar-refractivity contribution is 6.32. The Labute approximate surface area is 115 Å². The Morgan fingerprint density at radius 1 is 1.37 bits per heavy atom. The number of aromatic carboxylic acids is 1. The van der Waals surface area contributed by atoms with Crippen LogP contribution in [0.1, 0.15) is 22.8 Å². The van der Waals surface area contributed by atoms with E-state index in [9.17, 15) is 4.79 Å². The van der Waals surface area contributed by atoms with Gasteiger partial charge < -0.3 is 9.84 Å². The van der Waals surface area contributed by atoms with Gasteiger partial charge in [-0.05, 0) is 30.2 Å². The maximum absolute atomic E-state index is 10.8. The van der Waals surface area contributed by atoms with E-state index in [1.165, 1.54) is 17.8 Å². The molecule has 0 amide bonds. The van der Waals surface area contributed by atoms with Crippen LogP contribution in [-0.2, 0) is 6.42 Å². The minimum absolute atomic E-state index is 0.0266.